The Morgan fingerprint density at radius 2 is 1.84 bits per heavy atom. The molecule has 1 heterocycles. The van der Waals surface area contributed by atoms with Gasteiger partial charge in [0, 0.05) is 11.8 Å². The Morgan fingerprint density at radius 1 is 1.16 bits per heavy atom. The number of hydrogen-bond acceptors (Lipinski definition) is 2. The normalized spacial score (nSPS) is 15.8. The summed E-state index contributed by atoms with van der Waals surface area (Å²) in [7, 11) is 0. The van der Waals surface area contributed by atoms with Crippen LogP contribution in [0.2, 0.25) is 0 Å². The van der Waals surface area contributed by atoms with Crippen molar-refractivity contribution in [1.29, 1.82) is 0 Å². The van der Waals surface area contributed by atoms with E-state index in [-0.39, 0.29) is 0 Å². The van der Waals surface area contributed by atoms with Gasteiger partial charge in [-0.1, -0.05) is 25.0 Å². The van der Waals surface area contributed by atoms with Crippen LogP contribution in [-0.4, -0.2) is 20.9 Å². The number of benzene rings is 1. The second kappa shape index (κ2) is 4.88. The molecule has 0 radical (unpaired) electrons. The molecule has 1 aliphatic carbocycles. The first-order valence-corrected chi connectivity index (χ1v) is 6.62. The van der Waals surface area contributed by atoms with Gasteiger partial charge in [0.05, 0.1) is 17.8 Å². The van der Waals surface area contributed by atoms with Crippen molar-refractivity contribution in [3.63, 3.8) is 0 Å². The Kier molecular flexibility index (Phi) is 3.07. The molecule has 4 nitrogen and oxygen atoms in total. The number of rotatable bonds is 3. The van der Waals surface area contributed by atoms with Crippen molar-refractivity contribution in [3.05, 3.63) is 42.2 Å². The largest absolute Gasteiger partial charge is 0.478 e. The molecule has 98 valence electrons. The molecule has 0 bridgehead atoms. The fraction of sp³-hybridized carbons (Fsp3) is 0.333. The molecule has 0 aliphatic heterocycles. The first-order chi connectivity index (χ1) is 9.24. The number of carbonyl (C=O) groups is 1. The maximum atomic E-state index is 10.8. The minimum atomic E-state index is -0.895. The highest BCUT2D eigenvalue weighted by Crippen LogP contribution is 2.30. The number of aromatic carboxylic acids is 1. The van der Waals surface area contributed by atoms with Crippen LogP contribution in [-0.2, 0) is 0 Å². The van der Waals surface area contributed by atoms with E-state index in [2.05, 4.69) is 11.3 Å². The Balaban J connectivity index is 1.83. The van der Waals surface area contributed by atoms with Crippen molar-refractivity contribution in [2.24, 2.45) is 0 Å². The standard InChI is InChI=1S/C15H16N2O2/c18-15(19)12-7-5-11(6-8-12)13-9-16-17(10-13)14-3-1-2-4-14/h5-10,14H,1-4H2,(H,18,19). The summed E-state index contributed by atoms with van der Waals surface area (Å²) in [6.45, 7) is 0. The second-order valence-corrected chi connectivity index (χ2v) is 5.03. The van der Waals surface area contributed by atoms with E-state index >= 15 is 0 Å². The highest BCUT2D eigenvalue weighted by atomic mass is 16.4. The lowest BCUT2D eigenvalue weighted by atomic mass is 10.1. The Hall–Kier alpha value is -2.10. The molecule has 1 fully saturated rings. The quantitative estimate of drug-likeness (QED) is 0.916. The lowest BCUT2D eigenvalue weighted by molar-refractivity contribution is 0.0697. The number of aromatic nitrogens is 2. The van der Waals surface area contributed by atoms with Gasteiger partial charge in [-0.3, -0.25) is 4.68 Å². The summed E-state index contributed by atoms with van der Waals surface area (Å²) in [6.07, 6.45) is 8.90. The van der Waals surface area contributed by atoms with E-state index in [1.807, 2.05) is 23.0 Å². The van der Waals surface area contributed by atoms with Crippen molar-refractivity contribution in [3.8, 4) is 11.1 Å². The molecule has 1 aliphatic rings. The molecule has 0 amide bonds. The highest BCUT2D eigenvalue weighted by Gasteiger charge is 2.17. The molecule has 19 heavy (non-hydrogen) atoms. The van der Waals surface area contributed by atoms with Crippen LogP contribution in [0.3, 0.4) is 0 Å². The zero-order chi connectivity index (χ0) is 13.2. The van der Waals surface area contributed by atoms with Gasteiger partial charge < -0.3 is 5.11 Å². The van der Waals surface area contributed by atoms with Gasteiger partial charge in [-0.2, -0.15) is 5.10 Å². The lowest BCUT2D eigenvalue weighted by Gasteiger charge is -2.08. The molecular formula is C15H16N2O2. The van der Waals surface area contributed by atoms with Crippen molar-refractivity contribution < 1.29 is 9.90 Å². The molecule has 1 aromatic carbocycles. The van der Waals surface area contributed by atoms with Crippen LogP contribution in [0.5, 0.6) is 0 Å². The molecule has 1 N–H and O–H groups in total. The molecule has 0 atom stereocenters. The van der Waals surface area contributed by atoms with Gasteiger partial charge >= 0.3 is 5.97 Å². The van der Waals surface area contributed by atoms with Crippen LogP contribution in [0, 0.1) is 0 Å². The van der Waals surface area contributed by atoms with Crippen LogP contribution in [0.4, 0.5) is 0 Å². The van der Waals surface area contributed by atoms with E-state index in [1.165, 1.54) is 25.7 Å². The first kappa shape index (κ1) is 12.0. The highest BCUT2D eigenvalue weighted by molar-refractivity contribution is 5.88. The van der Waals surface area contributed by atoms with Gasteiger partial charge in [0.2, 0.25) is 0 Å². The van der Waals surface area contributed by atoms with Crippen LogP contribution in [0.1, 0.15) is 42.1 Å². The third-order valence-corrected chi connectivity index (χ3v) is 3.77. The Morgan fingerprint density at radius 3 is 2.47 bits per heavy atom. The lowest BCUT2D eigenvalue weighted by Crippen LogP contribution is -2.04. The van der Waals surface area contributed by atoms with Gasteiger partial charge in [0.1, 0.15) is 0 Å². The number of nitrogens with zero attached hydrogens (tertiary/aromatic N) is 2. The van der Waals surface area contributed by atoms with E-state index in [4.69, 9.17) is 5.11 Å². The Labute approximate surface area is 111 Å². The minimum absolute atomic E-state index is 0.312. The molecule has 2 aromatic rings. The monoisotopic (exact) mass is 256 g/mol. The summed E-state index contributed by atoms with van der Waals surface area (Å²) >= 11 is 0. The third kappa shape index (κ3) is 2.38. The number of carboxylic acid groups (broad SMARTS) is 1. The van der Waals surface area contributed by atoms with E-state index in [1.54, 1.807) is 12.1 Å². The van der Waals surface area contributed by atoms with Gasteiger partial charge in [-0.15, -0.1) is 0 Å². The first-order valence-electron chi connectivity index (χ1n) is 6.62. The molecule has 0 spiro atoms. The molecule has 0 saturated heterocycles. The second-order valence-electron chi connectivity index (χ2n) is 5.03. The fourth-order valence-corrected chi connectivity index (χ4v) is 2.66. The summed E-state index contributed by atoms with van der Waals surface area (Å²) in [5.74, 6) is -0.895. The van der Waals surface area contributed by atoms with Crippen LogP contribution >= 0.6 is 0 Å². The van der Waals surface area contributed by atoms with E-state index in [0.717, 1.165) is 11.1 Å². The zero-order valence-electron chi connectivity index (χ0n) is 10.6. The van der Waals surface area contributed by atoms with Crippen molar-refractivity contribution >= 4 is 5.97 Å². The SMILES string of the molecule is O=C(O)c1ccc(-c2cnn(C3CCCC3)c2)cc1. The van der Waals surface area contributed by atoms with Crippen LogP contribution < -0.4 is 0 Å². The van der Waals surface area contributed by atoms with E-state index in [9.17, 15) is 4.79 Å². The Bertz CT molecular complexity index is 580. The van der Waals surface area contributed by atoms with Gasteiger partial charge in [0.15, 0.2) is 0 Å². The molecule has 4 heteroatoms. The van der Waals surface area contributed by atoms with Crippen molar-refractivity contribution in [2.45, 2.75) is 31.7 Å². The molecule has 0 unspecified atom stereocenters. The molecule has 3 rings (SSSR count). The third-order valence-electron chi connectivity index (χ3n) is 3.77. The predicted molar refractivity (Wildman–Crippen MR) is 72.1 cm³/mol. The topological polar surface area (TPSA) is 55.1 Å². The maximum Gasteiger partial charge on any atom is 0.335 e. The number of carboxylic acids is 1. The zero-order valence-corrected chi connectivity index (χ0v) is 10.6. The molecular weight excluding hydrogens is 240 g/mol. The van der Waals surface area contributed by atoms with Crippen LogP contribution in [0.15, 0.2) is 36.7 Å². The average Bonchev–Trinajstić information content (AvgIpc) is 3.10. The number of hydrogen-bond donors (Lipinski definition) is 1. The smallest absolute Gasteiger partial charge is 0.335 e. The summed E-state index contributed by atoms with van der Waals surface area (Å²) in [4.78, 5) is 10.8. The van der Waals surface area contributed by atoms with Crippen molar-refractivity contribution in [2.75, 3.05) is 0 Å². The van der Waals surface area contributed by atoms with Gasteiger partial charge in [-0.25, -0.2) is 4.79 Å². The van der Waals surface area contributed by atoms with E-state index < -0.39 is 5.97 Å². The van der Waals surface area contributed by atoms with Crippen LogP contribution in [0.25, 0.3) is 11.1 Å². The molecule has 1 saturated carbocycles. The maximum absolute atomic E-state index is 10.8. The minimum Gasteiger partial charge on any atom is -0.478 e. The van der Waals surface area contributed by atoms with E-state index in [0.29, 0.717) is 11.6 Å². The summed E-state index contributed by atoms with van der Waals surface area (Å²) in [5.41, 5.74) is 2.37. The summed E-state index contributed by atoms with van der Waals surface area (Å²) < 4.78 is 2.05. The fourth-order valence-electron chi connectivity index (χ4n) is 2.66. The average molecular weight is 256 g/mol. The predicted octanol–water partition coefficient (Wildman–Crippen LogP) is 3.36. The molecule has 1 aromatic heterocycles. The summed E-state index contributed by atoms with van der Waals surface area (Å²) in [5, 5.41) is 13.3. The van der Waals surface area contributed by atoms with Crippen molar-refractivity contribution in [1.82, 2.24) is 9.78 Å². The summed E-state index contributed by atoms with van der Waals surface area (Å²) in [6, 6.07) is 7.46. The van der Waals surface area contributed by atoms with Gasteiger partial charge in [-0.05, 0) is 30.5 Å². The van der Waals surface area contributed by atoms with Gasteiger partial charge in [0.25, 0.3) is 0 Å².